The van der Waals surface area contributed by atoms with Crippen LogP contribution < -0.4 is 0 Å². The van der Waals surface area contributed by atoms with E-state index in [9.17, 15) is 20.0 Å². The number of nitro groups is 1. The van der Waals surface area contributed by atoms with Crippen LogP contribution in [0.1, 0.15) is 18.4 Å². The van der Waals surface area contributed by atoms with Crippen molar-refractivity contribution in [3.05, 3.63) is 46.0 Å². The van der Waals surface area contributed by atoms with Crippen LogP contribution in [0, 0.1) is 10.1 Å². The quantitative estimate of drug-likeness (QED) is 0.514. The topological polar surface area (TPSA) is 83.7 Å². The highest BCUT2D eigenvalue weighted by Crippen LogP contribution is 2.18. The molecule has 1 amide bonds. The number of carbonyl (C=O) groups is 1. The monoisotopic (exact) mass is 276 g/mol. The molecule has 0 aromatic heterocycles. The zero-order valence-electron chi connectivity index (χ0n) is 10.9. The standard InChI is InChI=1S/C14H16N2O4/c17-10-13-5-2-8-15(13)14(18)7-6-11-3-1-4-12(9-11)16(19)20/h1,3-4,6-7,9,13,17H,2,5,8,10H2/t13-/m0/s1. The average molecular weight is 276 g/mol. The van der Waals surface area contributed by atoms with Crippen LogP contribution >= 0.6 is 0 Å². The van der Waals surface area contributed by atoms with Crippen molar-refractivity contribution < 1.29 is 14.8 Å². The first-order chi connectivity index (χ1) is 9.61. The predicted octanol–water partition coefficient (Wildman–Crippen LogP) is 1.59. The van der Waals surface area contributed by atoms with Crippen LogP contribution in [0.15, 0.2) is 30.3 Å². The Hall–Kier alpha value is -2.21. The zero-order valence-corrected chi connectivity index (χ0v) is 10.9. The summed E-state index contributed by atoms with van der Waals surface area (Å²) in [6.07, 6.45) is 4.66. The molecule has 1 N–H and O–H groups in total. The van der Waals surface area contributed by atoms with Gasteiger partial charge in [-0.3, -0.25) is 14.9 Å². The van der Waals surface area contributed by atoms with Crippen molar-refractivity contribution in [2.45, 2.75) is 18.9 Å². The van der Waals surface area contributed by atoms with Crippen LogP contribution in [0.2, 0.25) is 0 Å². The minimum atomic E-state index is -0.471. The molecule has 0 radical (unpaired) electrons. The molecule has 20 heavy (non-hydrogen) atoms. The Kier molecular flexibility index (Phi) is 4.47. The van der Waals surface area contributed by atoms with Gasteiger partial charge in [-0.2, -0.15) is 0 Å². The van der Waals surface area contributed by atoms with E-state index in [-0.39, 0.29) is 24.2 Å². The normalized spacial score (nSPS) is 18.6. The number of nitro benzene ring substituents is 1. The first kappa shape index (κ1) is 14.2. The Morgan fingerprint density at radius 2 is 2.35 bits per heavy atom. The molecule has 1 heterocycles. The largest absolute Gasteiger partial charge is 0.394 e. The number of likely N-dealkylation sites (tertiary alicyclic amines) is 1. The second kappa shape index (κ2) is 6.29. The third-order valence-electron chi connectivity index (χ3n) is 3.37. The molecule has 0 spiro atoms. The number of amides is 1. The summed E-state index contributed by atoms with van der Waals surface area (Å²) in [7, 11) is 0. The number of rotatable bonds is 4. The SMILES string of the molecule is O=C(C=Cc1cccc([N+](=O)[O-])c1)N1CCC[C@H]1CO. The highest BCUT2D eigenvalue weighted by atomic mass is 16.6. The summed E-state index contributed by atoms with van der Waals surface area (Å²) >= 11 is 0. The molecule has 1 atom stereocenters. The van der Waals surface area contributed by atoms with Gasteiger partial charge in [-0.05, 0) is 24.5 Å². The summed E-state index contributed by atoms with van der Waals surface area (Å²) in [6.45, 7) is 0.611. The molecule has 0 bridgehead atoms. The summed E-state index contributed by atoms with van der Waals surface area (Å²) in [4.78, 5) is 23.8. The van der Waals surface area contributed by atoms with E-state index in [1.807, 2.05) is 0 Å². The van der Waals surface area contributed by atoms with Gasteiger partial charge in [0.05, 0.1) is 17.6 Å². The molecule has 1 fully saturated rings. The molecule has 1 aromatic rings. The maximum absolute atomic E-state index is 12.0. The van der Waals surface area contributed by atoms with E-state index >= 15 is 0 Å². The second-order valence-electron chi connectivity index (χ2n) is 4.70. The molecular formula is C14H16N2O4. The fraction of sp³-hybridized carbons (Fsp3) is 0.357. The fourth-order valence-electron chi connectivity index (χ4n) is 2.32. The minimum Gasteiger partial charge on any atom is -0.394 e. The van der Waals surface area contributed by atoms with E-state index in [2.05, 4.69) is 0 Å². The van der Waals surface area contributed by atoms with Crippen LogP contribution in [0.3, 0.4) is 0 Å². The van der Waals surface area contributed by atoms with Gasteiger partial charge in [0.15, 0.2) is 0 Å². The lowest BCUT2D eigenvalue weighted by atomic mass is 10.2. The van der Waals surface area contributed by atoms with Crippen molar-refractivity contribution in [3.8, 4) is 0 Å². The summed E-state index contributed by atoms with van der Waals surface area (Å²) in [5.41, 5.74) is 0.598. The number of hydrogen-bond donors (Lipinski definition) is 1. The van der Waals surface area contributed by atoms with E-state index in [1.165, 1.54) is 18.2 Å². The van der Waals surface area contributed by atoms with Crippen LogP contribution in [-0.2, 0) is 4.79 Å². The second-order valence-corrected chi connectivity index (χ2v) is 4.70. The summed E-state index contributed by atoms with van der Waals surface area (Å²) in [6, 6.07) is 5.98. The van der Waals surface area contributed by atoms with Crippen LogP contribution in [-0.4, -0.2) is 40.0 Å². The molecule has 0 unspecified atom stereocenters. The predicted molar refractivity (Wildman–Crippen MR) is 74.0 cm³/mol. The highest BCUT2D eigenvalue weighted by Gasteiger charge is 2.26. The Labute approximate surface area is 116 Å². The number of carbonyl (C=O) groups excluding carboxylic acids is 1. The van der Waals surface area contributed by atoms with Crippen molar-refractivity contribution in [3.63, 3.8) is 0 Å². The van der Waals surface area contributed by atoms with E-state index in [0.29, 0.717) is 12.1 Å². The first-order valence-electron chi connectivity index (χ1n) is 6.46. The Bertz CT molecular complexity index is 542. The van der Waals surface area contributed by atoms with E-state index in [1.54, 1.807) is 23.1 Å². The van der Waals surface area contributed by atoms with Gasteiger partial charge in [0.1, 0.15) is 0 Å². The fourth-order valence-corrected chi connectivity index (χ4v) is 2.32. The number of nitrogens with zero attached hydrogens (tertiary/aromatic N) is 2. The van der Waals surface area contributed by atoms with Gasteiger partial charge in [-0.25, -0.2) is 0 Å². The molecule has 0 saturated carbocycles. The van der Waals surface area contributed by atoms with Gasteiger partial charge in [-0.1, -0.05) is 12.1 Å². The number of aliphatic hydroxyl groups excluding tert-OH is 1. The van der Waals surface area contributed by atoms with Crippen molar-refractivity contribution in [2.24, 2.45) is 0 Å². The molecule has 6 heteroatoms. The Morgan fingerprint density at radius 3 is 3.05 bits per heavy atom. The number of hydrogen-bond acceptors (Lipinski definition) is 4. The van der Waals surface area contributed by atoms with Gasteiger partial charge in [0.25, 0.3) is 5.69 Å². The third-order valence-corrected chi connectivity index (χ3v) is 3.37. The van der Waals surface area contributed by atoms with Crippen molar-refractivity contribution in [1.82, 2.24) is 4.90 Å². The van der Waals surface area contributed by atoms with Gasteiger partial charge in [-0.15, -0.1) is 0 Å². The summed E-state index contributed by atoms with van der Waals surface area (Å²) < 4.78 is 0. The van der Waals surface area contributed by atoms with E-state index < -0.39 is 4.92 Å². The summed E-state index contributed by atoms with van der Waals surface area (Å²) in [5.74, 6) is -0.173. The molecule has 6 nitrogen and oxygen atoms in total. The smallest absolute Gasteiger partial charge is 0.270 e. The van der Waals surface area contributed by atoms with Gasteiger partial charge in [0, 0.05) is 24.8 Å². The van der Waals surface area contributed by atoms with Crippen LogP contribution in [0.4, 0.5) is 5.69 Å². The van der Waals surface area contributed by atoms with Gasteiger partial charge in [0.2, 0.25) is 5.91 Å². The molecule has 0 aliphatic carbocycles. The van der Waals surface area contributed by atoms with Crippen LogP contribution in [0.25, 0.3) is 6.08 Å². The van der Waals surface area contributed by atoms with E-state index in [4.69, 9.17) is 0 Å². The third kappa shape index (κ3) is 3.21. The lowest BCUT2D eigenvalue weighted by Gasteiger charge is -2.21. The van der Waals surface area contributed by atoms with Crippen LogP contribution in [0.5, 0.6) is 0 Å². The number of benzene rings is 1. The van der Waals surface area contributed by atoms with Gasteiger partial charge >= 0.3 is 0 Å². The maximum atomic E-state index is 12.0. The summed E-state index contributed by atoms with van der Waals surface area (Å²) in [5, 5.41) is 19.8. The number of non-ortho nitro benzene ring substituents is 1. The molecule has 1 saturated heterocycles. The zero-order chi connectivity index (χ0) is 14.5. The molecule has 2 rings (SSSR count). The molecular weight excluding hydrogens is 260 g/mol. The van der Waals surface area contributed by atoms with Gasteiger partial charge < -0.3 is 10.0 Å². The lowest BCUT2D eigenvalue weighted by molar-refractivity contribution is -0.384. The molecule has 1 aliphatic heterocycles. The molecule has 1 aromatic carbocycles. The Balaban J connectivity index is 2.07. The van der Waals surface area contributed by atoms with Crippen molar-refractivity contribution in [2.75, 3.05) is 13.2 Å². The molecule has 106 valence electrons. The minimum absolute atomic E-state index is 0.00555. The maximum Gasteiger partial charge on any atom is 0.270 e. The number of aliphatic hydroxyl groups is 1. The lowest BCUT2D eigenvalue weighted by Crippen LogP contribution is -2.36. The van der Waals surface area contributed by atoms with E-state index in [0.717, 1.165) is 12.8 Å². The first-order valence-corrected chi connectivity index (χ1v) is 6.46. The Morgan fingerprint density at radius 1 is 1.55 bits per heavy atom. The van der Waals surface area contributed by atoms with Crippen molar-refractivity contribution >= 4 is 17.7 Å². The highest BCUT2D eigenvalue weighted by molar-refractivity contribution is 5.92. The average Bonchev–Trinajstić information content (AvgIpc) is 2.93. The molecule has 1 aliphatic rings. The van der Waals surface area contributed by atoms with Crippen molar-refractivity contribution in [1.29, 1.82) is 0 Å².